The number of benzene rings is 5. The van der Waals surface area contributed by atoms with Gasteiger partial charge in [0.2, 0.25) is 0 Å². The molecule has 0 fully saturated rings. The Morgan fingerprint density at radius 3 is 1.62 bits per heavy atom. The van der Waals surface area contributed by atoms with Crippen LogP contribution in [0.5, 0.6) is 0 Å². The molecule has 0 aliphatic rings. The van der Waals surface area contributed by atoms with Gasteiger partial charge in [0.05, 0.1) is 16.8 Å². The van der Waals surface area contributed by atoms with Crippen LogP contribution in [0.3, 0.4) is 0 Å². The maximum Gasteiger partial charge on any atom is 0.114 e. The number of halogens is 1. The highest BCUT2D eigenvalue weighted by atomic mass is 35.5. The first-order valence-corrected chi connectivity index (χ1v) is 13.5. The highest BCUT2D eigenvalue weighted by Gasteiger charge is 2.18. The summed E-state index contributed by atoms with van der Waals surface area (Å²) < 4.78 is 9.33. The summed E-state index contributed by atoms with van der Waals surface area (Å²) >= 11 is 8.14. The summed E-state index contributed by atoms with van der Waals surface area (Å²) in [6.07, 6.45) is 1.05. The number of aromatic nitrogens is 2. The summed E-state index contributed by atoms with van der Waals surface area (Å²) in [5, 5.41) is 0.678. The fourth-order valence-corrected chi connectivity index (χ4v) is 5.63. The third kappa shape index (κ3) is 4.57. The molecule has 37 heavy (non-hydrogen) atoms. The Kier molecular flexibility index (Phi) is 6.33. The Balaban J connectivity index is 1.35. The molecule has 1 aromatic heterocycles. The molecule has 0 saturated heterocycles. The second-order valence-electron chi connectivity index (χ2n) is 9.31. The summed E-state index contributed by atoms with van der Waals surface area (Å²) in [5.74, 6) is 0. The van der Waals surface area contributed by atoms with Crippen molar-refractivity contribution in [3.8, 4) is 44.5 Å². The maximum atomic E-state index is 6.92. The van der Waals surface area contributed by atoms with Gasteiger partial charge in [0.1, 0.15) is 11.0 Å². The first-order chi connectivity index (χ1) is 18.1. The molecule has 0 saturated carbocycles. The highest BCUT2D eigenvalue weighted by molar-refractivity contribution is 7.00. The lowest BCUT2D eigenvalue weighted by molar-refractivity contribution is 1.14. The van der Waals surface area contributed by atoms with Crippen LogP contribution in [-0.2, 0) is 6.42 Å². The molecule has 180 valence electrons. The van der Waals surface area contributed by atoms with Gasteiger partial charge in [0, 0.05) is 11.1 Å². The minimum absolute atomic E-state index is 0.678. The van der Waals surface area contributed by atoms with Gasteiger partial charge in [-0.05, 0) is 58.4 Å². The summed E-state index contributed by atoms with van der Waals surface area (Å²) in [6.45, 7) is 4.28. The average Bonchev–Trinajstić information content (AvgIpc) is 3.43. The molecule has 0 bridgehead atoms. The monoisotopic (exact) mass is 516 g/mol. The standard InChI is InChI=1S/C33H25ClN2S/c1-3-22-6-10-24(11-7-22)25-12-16-27(17-13-25)29-20-30(34)31(33-32(29)35-37-36-33)28-18-14-26(15-19-28)23-8-4-21(2)5-9-23/h4-20H,3H2,1-2H3. The zero-order valence-corrected chi connectivity index (χ0v) is 22.3. The van der Waals surface area contributed by atoms with Gasteiger partial charge in [0.25, 0.3) is 0 Å². The third-order valence-corrected chi connectivity index (χ3v) is 7.77. The van der Waals surface area contributed by atoms with Crippen molar-refractivity contribution in [3.05, 3.63) is 119 Å². The third-order valence-electron chi connectivity index (χ3n) is 6.94. The van der Waals surface area contributed by atoms with Crippen molar-refractivity contribution in [1.82, 2.24) is 8.75 Å². The van der Waals surface area contributed by atoms with E-state index in [1.807, 2.05) is 6.07 Å². The lowest BCUT2D eigenvalue weighted by Gasteiger charge is -2.11. The predicted molar refractivity (Wildman–Crippen MR) is 158 cm³/mol. The molecule has 5 aromatic carbocycles. The van der Waals surface area contributed by atoms with E-state index in [0.29, 0.717) is 5.02 Å². The van der Waals surface area contributed by atoms with Crippen molar-refractivity contribution in [2.24, 2.45) is 0 Å². The normalized spacial score (nSPS) is 11.2. The summed E-state index contributed by atoms with van der Waals surface area (Å²) in [6, 6.07) is 36.5. The van der Waals surface area contributed by atoms with E-state index in [9.17, 15) is 0 Å². The molecule has 6 aromatic rings. The fraction of sp³-hybridized carbons (Fsp3) is 0.0909. The molecule has 0 radical (unpaired) electrons. The quantitative estimate of drug-likeness (QED) is 0.228. The Morgan fingerprint density at radius 2 is 1.05 bits per heavy atom. The SMILES string of the molecule is CCc1ccc(-c2ccc(-c3cc(Cl)c(-c4ccc(-c5ccc(C)cc5)cc4)c4nsnc34)cc2)cc1. The van der Waals surface area contributed by atoms with E-state index in [2.05, 4.69) is 120 Å². The van der Waals surface area contributed by atoms with Crippen LogP contribution in [0.1, 0.15) is 18.1 Å². The van der Waals surface area contributed by atoms with E-state index in [0.717, 1.165) is 39.7 Å². The molecule has 6 rings (SSSR count). The van der Waals surface area contributed by atoms with Crippen molar-refractivity contribution in [2.75, 3.05) is 0 Å². The molecule has 0 aliphatic carbocycles. The lowest BCUT2D eigenvalue weighted by atomic mass is 9.95. The van der Waals surface area contributed by atoms with Crippen LogP contribution in [0.4, 0.5) is 0 Å². The number of rotatable bonds is 5. The van der Waals surface area contributed by atoms with Crippen molar-refractivity contribution in [3.63, 3.8) is 0 Å². The van der Waals surface area contributed by atoms with E-state index >= 15 is 0 Å². The van der Waals surface area contributed by atoms with Crippen molar-refractivity contribution >= 4 is 34.4 Å². The van der Waals surface area contributed by atoms with Crippen molar-refractivity contribution in [2.45, 2.75) is 20.3 Å². The van der Waals surface area contributed by atoms with Crippen LogP contribution in [0.15, 0.2) is 103 Å². The molecule has 0 N–H and O–H groups in total. The number of hydrogen-bond acceptors (Lipinski definition) is 3. The van der Waals surface area contributed by atoms with Gasteiger partial charge >= 0.3 is 0 Å². The second kappa shape index (κ2) is 9.93. The molecule has 0 spiro atoms. The Labute approximate surface area is 226 Å². The zero-order valence-electron chi connectivity index (χ0n) is 20.7. The smallest absolute Gasteiger partial charge is 0.114 e. The molecule has 2 nitrogen and oxygen atoms in total. The maximum absolute atomic E-state index is 6.92. The van der Waals surface area contributed by atoms with Crippen LogP contribution in [0.2, 0.25) is 5.02 Å². The fourth-order valence-electron chi connectivity index (χ4n) is 4.75. The zero-order chi connectivity index (χ0) is 25.4. The minimum atomic E-state index is 0.678. The topological polar surface area (TPSA) is 25.8 Å². The van der Waals surface area contributed by atoms with Crippen molar-refractivity contribution in [1.29, 1.82) is 0 Å². The van der Waals surface area contributed by atoms with Gasteiger partial charge in [-0.25, -0.2) is 0 Å². The lowest BCUT2D eigenvalue weighted by Crippen LogP contribution is -1.89. The van der Waals surface area contributed by atoms with Gasteiger partial charge in [-0.15, -0.1) is 0 Å². The van der Waals surface area contributed by atoms with Crippen LogP contribution in [0.25, 0.3) is 55.5 Å². The van der Waals surface area contributed by atoms with Gasteiger partial charge in [-0.3, -0.25) is 0 Å². The van der Waals surface area contributed by atoms with E-state index in [-0.39, 0.29) is 0 Å². The Morgan fingerprint density at radius 1 is 0.595 bits per heavy atom. The van der Waals surface area contributed by atoms with Gasteiger partial charge in [-0.1, -0.05) is 121 Å². The van der Waals surface area contributed by atoms with E-state index in [1.54, 1.807) is 0 Å². The Hall–Kier alpha value is -3.79. The second-order valence-corrected chi connectivity index (χ2v) is 10.2. The van der Waals surface area contributed by atoms with E-state index < -0.39 is 0 Å². The first-order valence-electron chi connectivity index (χ1n) is 12.4. The van der Waals surface area contributed by atoms with Gasteiger partial charge in [0.15, 0.2) is 0 Å². The molecule has 0 amide bonds. The van der Waals surface area contributed by atoms with Crippen LogP contribution in [0, 0.1) is 6.92 Å². The predicted octanol–water partition coefficient (Wildman–Crippen LogP) is 9.88. The molecule has 1 heterocycles. The number of hydrogen-bond donors (Lipinski definition) is 0. The van der Waals surface area contributed by atoms with E-state index in [4.69, 9.17) is 11.6 Å². The summed E-state index contributed by atoms with van der Waals surface area (Å²) in [5.41, 5.74) is 13.1. The average molecular weight is 517 g/mol. The number of aryl methyl sites for hydroxylation is 2. The number of nitrogens with zero attached hydrogens (tertiary/aromatic N) is 2. The minimum Gasteiger partial charge on any atom is -0.172 e. The summed E-state index contributed by atoms with van der Waals surface area (Å²) in [7, 11) is 0. The molecule has 4 heteroatoms. The molecular formula is C33H25ClN2S. The first kappa shape index (κ1) is 23.6. The van der Waals surface area contributed by atoms with E-state index in [1.165, 1.54) is 45.1 Å². The molecule has 0 aliphatic heterocycles. The number of fused-ring (bicyclic) bond motifs is 1. The largest absolute Gasteiger partial charge is 0.172 e. The highest BCUT2D eigenvalue weighted by Crippen LogP contribution is 2.41. The van der Waals surface area contributed by atoms with Crippen LogP contribution < -0.4 is 0 Å². The molecule has 0 unspecified atom stereocenters. The molecular weight excluding hydrogens is 492 g/mol. The van der Waals surface area contributed by atoms with Crippen molar-refractivity contribution < 1.29 is 0 Å². The van der Waals surface area contributed by atoms with Crippen LogP contribution in [-0.4, -0.2) is 8.75 Å². The summed E-state index contributed by atoms with van der Waals surface area (Å²) in [4.78, 5) is 0. The van der Waals surface area contributed by atoms with Gasteiger partial charge < -0.3 is 0 Å². The Bertz CT molecular complexity index is 1680. The molecule has 0 atom stereocenters. The van der Waals surface area contributed by atoms with Crippen LogP contribution >= 0.6 is 23.3 Å². The van der Waals surface area contributed by atoms with Gasteiger partial charge in [-0.2, -0.15) is 8.75 Å².